The molecule has 2 aromatic carbocycles. The highest BCUT2D eigenvalue weighted by Crippen LogP contribution is 2.28. The van der Waals surface area contributed by atoms with Crippen LogP contribution in [-0.2, 0) is 11.2 Å². The molecule has 3 aromatic rings. The molecule has 0 unspecified atom stereocenters. The average molecular weight is 386 g/mol. The molecule has 5 nitrogen and oxygen atoms in total. The number of aromatic nitrogens is 1. The molecule has 0 saturated heterocycles. The van der Waals surface area contributed by atoms with Crippen molar-refractivity contribution < 1.29 is 18.7 Å². The van der Waals surface area contributed by atoms with E-state index >= 15 is 0 Å². The Morgan fingerprint density at radius 2 is 1.96 bits per heavy atom. The minimum atomic E-state index is -0.319. The molecule has 27 heavy (non-hydrogen) atoms. The Morgan fingerprint density at radius 3 is 2.70 bits per heavy atom. The molecule has 7 heteroatoms. The summed E-state index contributed by atoms with van der Waals surface area (Å²) in [4.78, 5) is 16.6. The molecule has 0 saturated carbocycles. The van der Waals surface area contributed by atoms with Crippen LogP contribution in [0.1, 0.15) is 12.0 Å². The van der Waals surface area contributed by atoms with Crippen LogP contribution < -0.4 is 14.8 Å². The predicted molar refractivity (Wildman–Crippen MR) is 104 cm³/mol. The first-order chi connectivity index (χ1) is 13.1. The second-order valence-corrected chi connectivity index (χ2v) is 6.64. The molecule has 0 atom stereocenters. The molecule has 0 bridgehead atoms. The second-order valence-electron chi connectivity index (χ2n) is 5.79. The van der Waals surface area contributed by atoms with E-state index in [9.17, 15) is 9.18 Å². The number of amides is 1. The van der Waals surface area contributed by atoms with Crippen LogP contribution in [0.5, 0.6) is 11.5 Å². The maximum absolute atomic E-state index is 13.3. The summed E-state index contributed by atoms with van der Waals surface area (Å²) in [5, 5.41) is 5.07. The van der Waals surface area contributed by atoms with Crippen LogP contribution >= 0.6 is 11.3 Å². The topological polar surface area (TPSA) is 60.5 Å². The minimum absolute atomic E-state index is 0.134. The van der Waals surface area contributed by atoms with Crippen molar-refractivity contribution >= 4 is 22.4 Å². The Hall–Kier alpha value is -2.93. The van der Waals surface area contributed by atoms with Crippen LogP contribution in [0.25, 0.3) is 11.3 Å². The SMILES string of the molecule is COc1ccc(CCC(=O)Nc2nc(-c3cccc(F)c3)cs2)cc1OC. The summed E-state index contributed by atoms with van der Waals surface area (Å²) in [6, 6.07) is 11.8. The molecule has 1 amide bonds. The van der Waals surface area contributed by atoms with Crippen LogP contribution in [0.2, 0.25) is 0 Å². The third-order valence-electron chi connectivity index (χ3n) is 3.96. The van der Waals surface area contributed by atoms with E-state index < -0.39 is 0 Å². The third-order valence-corrected chi connectivity index (χ3v) is 4.72. The number of hydrogen-bond acceptors (Lipinski definition) is 5. The van der Waals surface area contributed by atoms with Gasteiger partial charge in [-0.3, -0.25) is 4.79 Å². The zero-order chi connectivity index (χ0) is 19.2. The Balaban J connectivity index is 1.59. The number of nitrogens with one attached hydrogen (secondary N) is 1. The van der Waals surface area contributed by atoms with E-state index in [4.69, 9.17) is 9.47 Å². The number of rotatable bonds is 7. The number of nitrogens with zero attached hydrogens (tertiary/aromatic N) is 1. The average Bonchev–Trinajstić information content (AvgIpc) is 3.14. The summed E-state index contributed by atoms with van der Waals surface area (Å²) in [7, 11) is 3.16. The number of carbonyl (C=O) groups excluding carboxylic acids is 1. The molecular weight excluding hydrogens is 367 g/mol. The fraction of sp³-hybridized carbons (Fsp3) is 0.200. The van der Waals surface area contributed by atoms with Gasteiger partial charge in [0.05, 0.1) is 19.9 Å². The van der Waals surface area contributed by atoms with Gasteiger partial charge < -0.3 is 14.8 Å². The minimum Gasteiger partial charge on any atom is -0.493 e. The normalized spacial score (nSPS) is 10.5. The first kappa shape index (κ1) is 18.8. The molecule has 0 spiro atoms. The number of thiazole rings is 1. The fourth-order valence-corrected chi connectivity index (χ4v) is 3.32. The van der Waals surface area contributed by atoms with Gasteiger partial charge in [0, 0.05) is 17.4 Å². The lowest BCUT2D eigenvalue weighted by Crippen LogP contribution is -2.12. The summed E-state index contributed by atoms with van der Waals surface area (Å²) < 4.78 is 23.8. The molecule has 1 aromatic heterocycles. The molecule has 0 aliphatic carbocycles. The third kappa shape index (κ3) is 4.83. The van der Waals surface area contributed by atoms with Gasteiger partial charge in [-0.1, -0.05) is 18.2 Å². The molecule has 0 aliphatic heterocycles. The molecule has 0 aliphatic rings. The molecule has 1 heterocycles. The number of hydrogen-bond donors (Lipinski definition) is 1. The predicted octanol–water partition coefficient (Wildman–Crippen LogP) is 4.54. The van der Waals surface area contributed by atoms with Crippen molar-refractivity contribution in [1.82, 2.24) is 4.98 Å². The van der Waals surface area contributed by atoms with Gasteiger partial charge in [-0.15, -0.1) is 11.3 Å². The summed E-state index contributed by atoms with van der Waals surface area (Å²) >= 11 is 1.31. The number of benzene rings is 2. The molecule has 0 radical (unpaired) electrons. The number of aryl methyl sites for hydroxylation is 1. The van der Waals surface area contributed by atoms with E-state index in [1.807, 2.05) is 18.2 Å². The van der Waals surface area contributed by atoms with Gasteiger partial charge in [-0.25, -0.2) is 9.37 Å². The van der Waals surface area contributed by atoms with E-state index in [0.29, 0.717) is 40.7 Å². The number of methoxy groups -OCH3 is 2. The number of anilines is 1. The smallest absolute Gasteiger partial charge is 0.226 e. The van der Waals surface area contributed by atoms with Crippen LogP contribution in [0, 0.1) is 5.82 Å². The van der Waals surface area contributed by atoms with E-state index in [0.717, 1.165) is 5.56 Å². The monoisotopic (exact) mass is 386 g/mol. The Morgan fingerprint density at radius 1 is 1.15 bits per heavy atom. The standard InChI is InChI=1S/C20H19FN2O3S/c1-25-17-8-6-13(10-18(17)26-2)7-9-19(24)23-20-22-16(12-27-20)14-4-3-5-15(21)11-14/h3-6,8,10-12H,7,9H2,1-2H3,(H,22,23,24). The van der Waals surface area contributed by atoms with Gasteiger partial charge in [0.25, 0.3) is 0 Å². The maximum Gasteiger partial charge on any atom is 0.226 e. The van der Waals surface area contributed by atoms with E-state index in [2.05, 4.69) is 10.3 Å². The van der Waals surface area contributed by atoms with Gasteiger partial charge in [0.2, 0.25) is 5.91 Å². The second kappa shape index (κ2) is 8.64. The van der Waals surface area contributed by atoms with Gasteiger partial charge in [0.1, 0.15) is 5.82 Å². The highest BCUT2D eigenvalue weighted by atomic mass is 32.1. The first-order valence-corrected chi connectivity index (χ1v) is 9.19. The lowest BCUT2D eigenvalue weighted by molar-refractivity contribution is -0.116. The zero-order valence-corrected chi connectivity index (χ0v) is 15.8. The van der Waals surface area contributed by atoms with E-state index in [1.165, 1.54) is 23.5 Å². The van der Waals surface area contributed by atoms with Crippen LogP contribution in [0.15, 0.2) is 47.8 Å². The van der Waals surface area contributed by atoms with Crippen molar-refractivity contribution in [2.45, 2.75) is 12.8 Å². The van der Waals surface area contributed by atoms with E-state index in [1.54, 1.807) is 31.7 Å². The lowest BCUT2D eigenvalue weighted by Gasteiger charge is -2.09. The van der Waals surface area contributed by atoms with Crippen molar-refractivity contribution in [1.29, 1.82) is 0 Å². The zero-order valence-electron chi connectivity index (χ0n) is 15.0. The van der Waals surface area contributed by atoms with Gasteiger partial charge in [-0.05, 0) is 36.2 Å². The lowest BCUT2D eigenvalue weighted by atomic mass is 10.1. The fourth-order valence-electron chi connectivity index (χ4n) is 2.59. The van der Waals surface area contributed by atoms with Crippen molar-refractivity contribution in [3.05, 3.63) is 59.2 Å². The molecule has 3 rings (SSSR count). The Bertz CT molecular complexity index is 942. The maximum atomic E-state index is 13.3. The Kier molecular flexibility index (Phi) is 6.03. The Labute approximate surface area is 160 Å². The quantitative estimate of drug-likeness (QED) is 0.648. The summed E-state index contributed by atoms with van der Waals surface area (Å²) in [5.41, 5.74) is 2.29. The van der Waals surface area contributed by atoms with E-state index in [-0.39, 0.29) is 11.7 Å². The van der Waals surface area contributed by atoms with Crippen molar-refractivity contribution in [3.8, 4) is 22.8 Å². The van der Waals surface area contributed by atoms with Gasteiger partial charge in [0.15, 0.2) is 16.6 Å². The first-order valence-electron chi connectivity index (χ1n) is 8.31. The summed E-state index contributed by atoms with van der Waals surface area (Å²) in [5.74, 6) is 0.833. The highest BCUT2D eigenvalue weighted by molar-refractivity contribution is 7.14. The summed E-state index contributed by atoms with van der Waals surface area (Å²) in [6.07, 6.45) is 0.874. The van der Waals surface area contributed by atoms with Crippen molar-refractivity contribution in [2.24, 2.45) is 0 Å². The van der Waals surface area contributed by atoms with Crippen LogP contribution in [0.3, 0.4) is 0 Å². The number of ether oxygens (including phenoxy) is 2. The molecule has 1 N–H and O–H groups in total. The highest BCUT2D eigenvalue weighted by Gasteiger charge is 2.10. The molecule has 140 valence electrons. The largest absolute Gasteiger partial charge is 0.493 e. The van der Waals surface area contributed by atoms with Gasteiger partial charge >= 0.3 is 0 Å². The van der Waals surface area contributed by atoms with Gasteiger partial charge in [-0.2, -0.15) is 0 Å². The summed E-state index contributed by atoms with van der Waals surface area (Å²) in [6.45, 7) is 0. The van der Waals surface area contributed by atoms with Crippen LogP contribution in [0.4, 0.5) is 9.52 Å². The van der Waals surface area contributed by atoms with Crippen LogP contribution in [-0.4, -0.2) is 25.1 Å². The number of carbonyl (C=O) groups is 1. The number of halogens is 1. The molecular formula is C20H19FN2O3S. The molecule has 0 fully saturated rings. The van der Waals surface area contributed by atoms with Crippen molar-refractivity contribution in [3.63, 3.8) is 0 Å². The van der Waals surface area contributed by atoms with Crippen molar-refractivity contribution in [2.75, 3.05) is 19.5 Å².